The fourth-order valence-corrected chi connectivity index (χ4v) is 3.82. The molecule has 1 aromatic heterocycles. The number of methoxy groups -OCH3 is 1. The molecule has 0 aliphatic carbocycles. The van der Waals surface area contributed by atoms with Crippen LogP contribution >= 0.6 is 0 Å². The van der Waals surface area contributed by atoms with Crippen LogP contribution in [0.15, 0.2) is 18.2 Å². The number of ether oxygens (including phenoxy) is 1. The van der Waals surface area contributed by atoms with Crippen LogP contribution in [0.5, 0.6) is 5.75 Å². The number of carbonyl (C=O) groups is 1. The Morgan fingerprint density at radius 1 is 1.35 bits per heavy atom. The summed E-state index contributed by atoms with van der Waals surface area (Å²) < 4.78 is 5.37. The van der Waals surface area contributed by atoms with Crippen molar-refractivity contribution in [3.63, 3.8) is 0 Å². The van der Waals surface area contributed by atoms with E-state index >= 15 is 0 Å². The van der Waals surface area contributed by atoms with E-state index in [4.69, 9.17) is 4.74 Å². The molecule has 4 nitrogen and oxygen atoms in total. The monoisotopic (exact) mass is 315 g/mol. The molecule has 0 spiro atoms. The third-order valence-corrected chi connectivity index (χ3v) is 5.62. The smallest absolute Gasteiger partial charge is 0.147 e. The zero-order valence-electron chi connectivity index (χ0n) is 14.5. The van der Waals surface area contributed by atoms with Crippen LogP contribution in [0, 0.1) is 12.8 Å². The summed E-state index contributed by atoms with van der Waals surface area (Å²) in [5.74, 6) is 1.51. The van der Waals surface area contributed by atoms with Gasteiger partial charge in [-0.05, 0) is 44.5 Å². The van der Waals surface area contributed by atoms with Crippen LogP contribution in [0.2, 0.25) is 0 Å². The van der Waals surface area contributed by atoms with Crippen LogP contribution in [0.3, 0.4) is 0 Å². The Morgan fingerprint density at radius 3 is 2.87 bits per heavy atom. The van der Waals surface area contributed by atoms with E-state index in [9.17, 15) is 4.79 Å². The number of rotatable bonds is 4. The molecule has 2 heterocycles. The molecule has 3 atom stereocenters. The van der Waals surface area contributed by atoms with Gasteiger partial charge in [0.25, 0.3) is 0 Å². The van der Waals surface area contributed by atoms with E-state index in [1.165, 1.54) is 22.2 Å². The van der Waals surface area contributed by atoms with Crippen LogP contribution < -0.4 is 9.64 Å². The maximum Gasteiger partial charge on any atom is 0.147 e. The lowest BCUT2D eigenvalue weighted by atomic mass is 9.90. The zero-order valence-corrected chi connectivity index (χ0v) is 14.5. The largest absolute Gasteiger partial charge is 0.497 e. The number of quaternary nitrogens is 1. The van der Waals surface area contributed by atoms with Gasteiger partial charge in [-0.3, -0.25) is 4.79 Å². The van der Waals surface area contributed by atoms with Crippen molar-refractivity contribution >= 4 is 16.7 Å². The molecular formula is C19H27N2O2+. The van der Waals surface area contributed by atoms with Crippen LogP contribution in [0.25, 0.3) is 10.9 Å². The summed E-state index contributed by atoms with van der Waals surface area (Å²) in [5.41, 5.74) is 3.79. The molecule has 1 unspecified atom stereocenters. The lowest BCUT2D eigenvalue weighted by Gasteiger charge is -2.33. The Bertz CT molecular complexity index is 719. The topological polar surface area (TPSA) is 46.5 Å². The number of fused-ring (bicyclic) bond motifs is 1. The summed E-state index contributed by atoms with van der Waals surface area (Å²) in [6.07, 6.45) is 1.75. The number of likely N-dealkylation sites (tertiary alicyclic amines) is 1. The van der Waals surface area contributed by atoms with Gasteiger partial charge in [0, 0.05) is 23.0 Å². The van der Waals surface area contributed by atoms with Crippen molar-refractivity contribution in [3.8, 4) is 5.75 Å². The third-order valence-electron chi connectivity index (χ3n) is 5.62. The zero-order chi connectivity index (χ0) is 16.6. The summed E-state index contributed by atoms with van der Waals surface area (Å²) in [4.78, 5) is 16.9. The summed E-state index contributed by atoms with van der Waals surface area (Å²) in [7, 11) is 1.71. The first kappa shape index (κ1) is 16.1. The number of benzene rings is 1. The number of aromatic nitrogens is 1. The molecular weight excluding hydrogens is 288 g/mol. The van der Waals surface area contributed by atoms with Gasteiger partial charge in [0.1, 0.15) is 11.5 Å². The second kappa shape index (κ2) is 6.36. The van der Waals surface area contributed by atoms with Crippen molar-refractivity contribution in [1.82, 2.24) is 4.98 Å². The molecule has 1 aromatic carbocycles. The Kier molecular flexibility index (Phi) is 4.44. The molecule has 2 N–H and O–H groups in total. The summed E-state index contributed by atoms with van der Waals surface area (Å²) in [6, 6.07) is 6.61. The number of hydrogen-bond donors (Lipinski definition) is 2. The molecule has 4 heteroatoms. The Morgan fingerprint density at radius 2 is 2.13 bits per heavy atom. The average Bonchev–Trinajstić information content (AvgIpc) is 2.86. The molecule has 0 amide bonds. The van der Waals surface area contributed by atoms with E-state index in [1.54, 1.807) is 12.0 Å². The number of carbonyl (C=O) groups excluding carboxylic acids is 1. The van der Waals surface area contributed by atoms with Crippen molar-refractivity contribution in [2.24, 2.45) is 5.92 Å². The fourth-order valence-electron chi connectivity index (χ4n) is 3.82. The number of piperidine rings is 1. The van der Waals surface area contributed by atoms with E-state index in [0.29, 0.717) is 11.8 Å². The highest BCUT2D eigenvalue weighted by Gasteiger charge is 2.33. The van der Waals surface area contributed by atoms with E-state index in [2.05, 4.69) is 37.9 Å². The summed E-state index contributed by atoms with van der Waals surface area (Å²) in [5, 5.41) is 1.26. The van der Waals surface area contributed by atoms with Gasteiger partial charge < -0.3 is 14.6 Å². The Balaban J connectivity index is 1.79. The van der Waals surface area contributed by atoms with Gasteiger partial charge >= 0.3 is 0 Å². The lowest BCUT2D eigenvalue weighted by molar-refractivity contribution is -0.928. The summed E-state index contributed by atoms with van der Waals surface area (Å²) in [6.45, 7) is 8.47. The molecule has 0 radical (unpaired) electrons. The molecule has 1 aliphatic rings. The van der Waals surface area contributed by atoms with Gasteiger partial charge in [-0.25, -0.2) is 0 Å². The van der Waals surface area contributed by atoms with Gasteiger partial charge in [0.2, 0.25) is 0 Å². The van der Waals surface area contributed by atoms with Crippen LogP contribution in [0.1, 0.15) is 31.5 Å². The standard InChI is InChI=1S/C19H26N2O2/c1-12-14(3)21(10-8-19(12)22)9-7-16-13(2)20-18-6-5-15(23-4)11-17(16)18/h5-6,11-12,14,20H,7-10H2,1-4H3/p+1/t12-,14+/m1/s1. The predicted octanol–water partition coefficient (Wildman–Crippen LogP) is 1.91. The molecule has 1 aliphatic heterocycles. The molecule has 1 saturated heterocycles. The van der Waals surface area contributed by atoms with Gasteiger partial charge in [-0.15, -0.1) is 0 Å². The highest BCUT2D eigenvalue weighted by molar-refractivity contribution is 5.86. The van der Waals surface area contributed by atoms with Crippen molar-refractivity contribution < 1.29 is 14.4 Å². The first-order valence-corrected chi connectivity index (χ1v) is 8.53. The number of aromatic amines is 1. The van der Waals surface area contributed by atoms with E-state index in [1.807, 2.05) is 6.07 Å². The second-order valence-corrected chi connectivity index (χ2v) is 6.84. The van der Waals surface area contributed by atoms with Gasteiger partial charge in [-0.1, -0.05) is 0 Å². The number of H-pyrrole nitrogens is 1. The van der Waals surface area contributed by atoms with Crippen molar-refractivity contribution in [3.05, 3.63) is 29.5 Å². The molecule has 2 aromatic rings. The van der Waals surface area contributed by atoms with Crippen LogP contribution in [-0.4, -0.2) is 37.0 Å². The maximum atomic E-state index is 11.9. The van der Waals surface area contributed by atoms with Crippen LogP contribution in [-0.2, 0) is 11.2 Å². The fraction of sp³-hybridized carbons (Fsp3) is 0.526. The molecule has 1 fully saturated rings. The lowest BCUT2D eigenvalue weighted by Crippen LogP contribution is -3.17. The maximum absolute atomic E-state index is 11.9. The predicted molar refractivity (Wildman–Crippen MR) is 92.2 cm³/mol. The van der Waals surface area contributed by atoms with Crippen molar-refractivity contribution in [1.29, 1.82) is 0 Å². The highest BCUT2D eigenvalue weighted by atomic mass is 16.5. The SMILES string of the molecule is COc1ccc2[nH]c(C)c(CC[NH+]3CCC(=O)[C@H](C)[C@@H]3C)c2c1. The number of nitrogens with one attached hydrogen (secondary N) is 2. The second-order valence-electron chi connectivity index (χ2n) is 6.84. The number of hydrogen-bond acceptors (Lipinski definition) is 2. The molecule has 0 saturated carbocycles. The normalized spacial score (nSPS) is 25.0. The van der Waals surface area contributed by atoms with Gasteiger partial charge in [0.05, 0.1) is 38.6 Å². The van der Waals surface area contributed by atoms with Crippen molar-refractivity contribution in [2.45, 2.75) is 39.7 Å². The van der Waals surface area contributed by atoms with E-state index in [0.717, 1.165) is 31.7 Å². The quantitative estimate of drug-likeness (QED) is 0.905. The van der Waals surface area contributed by atoms with Crippen molar-refractivity contribution in [2.75, 3.05) is 20.2 Å². The highest BCUT2D eigenvalue weighted by Crippen LogP contribution is 2.26. The summed E-state index contributed by atoms with van der Waals surface area (Å²) >= 11 is 0. The van der Waals surface area contributed by atoms with E-state index in [-0.39, 0.29) is 5.92 Å². The number of ketones is 1. The third kappa shape index (κ3) is 3.00. The minimum Gasteiger partial charge on any atom is -0.497 e. The molecule has 3 rings (SSSR count). The van der Waals surface area contributed by atoms with Gasteiger partial charge in [0.15, 0.2) is 0 Å². The Hall–Kier alpha value is -1.81. The molecule has 0 bridgehead atoms. The first-order valence-electron chi connectivity index (χ1n) is 8.53. The minimum absolute atomic E-state index is 0.183. The van der Waals surface area contributed by atoms with E-state index < -0.39 is 0 Å². The minimum atomic E-state index is 0.183. The molecule has 124 valence electrons. The van der Waals surface area contributed by atoms with Crippen LogP contribution in [0.4, 0.5) is 0 Å². The first-order chi connectivity index (χ1) is 11.0. The average molecular weight is 315 g/mol. The number of Topliss-reactive ketones (excluding diaryl/α,β-unsaturated/α-hetero) is 1. The number of aryl methyl sites for hydroxylation is 1. The molecule has 23 heavy (non-hydrogen) atoms. The van der Waals surface area contributed by atoms with Gasteiger partial charge in [-0.2, -0.15) is 0 Å². The Labute approximate surface area is 137 Å².